The number of ether oxygens (including phenoxy) is 1. The molecule has 3 aromatic rings. The monoisotopic (exact) mass is 509 g/mol. The first-order valence-electron chi connectivity index (χ1n) is 9.54. The van der Waals surface area contributed by atoms with E-state index in [1.807, 2.05) is 6.07 Å². The molecule has 0 saturated heterocycles. The van der Waals surface area contributed by atoms with Crippen LogP contribution in [0, 0.1) is 17.1 Å². The van der Waals surface area contributed by atoms with Crippen LogP contribution >= 0.6 is 15.9 Å². The number of anilines is 2. The van der Waals surface area contributed by atoms with Crippen molar-refractivity contribution in [1.82, 2.24) is 0 Å². The third kappa shape index (κ3) is 6.66. The summed E-state index contributed by atoms with van der Waals surface area (Å²) in [6.07, 6.45) is 1.32. The molecule has 33 heavy (non-hydrogen) atoms. The van der Waals surface area contributed by atoms with Gasteiger partial charge in [0, 0.05) is 15.7 Å². The minimum atomic E-state index is -0.661. The highest BCUT2D eigenvalue weighted by Crippen LogP contribution is 2.26. The van der Waals surface area contributed by atoms with Crippen molar-refractivity contribution < 1.29 is 23.8 Å². The zero-order chi connectivity index (χ0) is 23.8. The highest BCUT2D eigenvalue weighted by molar-refractivity contribution is 9.10. The zero-order valence-electron chi connectivity index (χ0n) is 17.0. The van der Waals surface area contributed by atoms with E-state index >= 15 is 0 Å². The van der Waals surface area contributed by atoms with Crippen LogP contribution in [0.1, 0.15) is 5.56 Å². The van der Waals surface area contributed by atoms with Gasteiger partial charge in [-0.15, -0.1) is 0 Å². The number of halogens is 2. The number of phenols is 1. The molecular weight excluding hydrogens is 493 g/mol. The van der Waals surface area contributed by atoms with E-state index in [2.05, 4.69) is 26.6 Å². The van der Waals surface area contributed by atoms with Crippen LogP contribution in [-0.4, -0.2) is 23.5 Å². The maximum atomic E-state index is 13.7. The summed E-state index contributed by atoms with van der Waals surface area (Å²) in [6.45, 7) is -0.418. The molecular formula is C24H17BrFN3O4. The number of amides is 2. The van der Waals surface area contributed by atoms with Crippen molar-refractivity contribution in [3.63, 3.8) is 0 Å². The normalized spacial score (nSPS) is 10.8. The van der Waals surface area contributed by atoms with Crippen LogP contribution in [0.15, 0.2) is 76.8 Å². The summed E-state index contributed by atoms with van der Waals surface area (Å²) in [5.41, 5.74) is 0.594. The molecule has 0 saturated carbocycles. The topological polar surface area (TPSA) is 111 Å². The number of nitriles is 1. The van der Waals surface area contributed by atoms with Gasteiger partial charge in [-0.1, -0.05) is 28.1 Å². The molecule has 0 unspecified atom stereocenters. The van der Waals surface area contributed by atoms with Gasteiger partial charge in [-0.2, -0.15) is 5.26 Å². The number of hydrogen-bond acceptors (Lipinski definition) is 5. The number of nitrogens with one attached hydrogen (secondary N) is 2. The van der Waals surface area contributed by atoms with Gasteiger partial charge in [-0.25, -0.2) is 4.39 Å². The Kier molecular flexibility index (Phi) is 7.78. The van der Waals surface area contributed by atoms with E-state index in [-0.39, 0.29) is 22.8 Å². The van der Waals surface area contributed by atoms with Crippen LogP contribution in [0.25, 0.3) is 6.08 Å². The summed E-state index contributed by atoms with van der Waals surface area (Å²) in [6, 6.07) is 18.2. The standard InChI is InChI=1S/C24H17BrFN3O4/c25-17-5-10-22(33-14-23(31)29-21-4-2-1-3-20(21)26)15(12-17)11-16(13-27)24(32)28-18-6-8-19(30)9-7-18/h1-12,30H,14H2,(H,28,32)(H,29,31)/b16-11+. The Balaban J connectivity index is 1.75. The average Bonchev–Trinajstić information content (AvgIpc) is 2.79. The first kappa shape index (κ1) is 23.5. The summed E-state index contributed by atoms with van der Waals surface area (Å²) >= 11 is 3.33. The Morgan fingerprint density at radius 1 is 1.09 bits per heavy atom. The largest absolute Gasteiger partial charge is 0.508 e. The number of carbonyl (C=O) groups excluding carboxylic acids is 2. The Labute approximate surface area is 197 Å². The van der Waals surface area contributed by atoms with E-state index in [0.717, 1.165) is 0 Å². The molecule has 3 N–H and O–H groups in total. The van der Waals surface area contributed by atoms with Gasteiger partial charge >= 0.3 is 0 Å². The number of benzene rings is 3. The fourth-order valence-electron chi connectivity index (χ4n) is 2.70. The molecule has 0 fully saturated rings. The van der Waals surface area contributed by atoms with Crippen LogP contribution in [0.5, 0.6) is 11.5 Å². The Morgan fingerprint density at radius 2 is 1.82 bits per heavy atom. The molecule has 0 heterocycles. The van der Waals surface area contributed by atoms with Gasteiger partial charge in [0.15, 0.2) is 6.61 Å². The molecule has 3 aromatic carbocycles. The molecule has 0 spiro atoms. The van der Waals surface area contributed by atoms with Gasteiger partial charge in [0.05, 0.1) is 5.69 Å². The minimum absolute atomic E-state index is 0.0275. The van der Waals surface area contributed by atoms with Crippen LogP contribution in [-0.2, 0) is 9.59 Å². The molecule has 0 radical (unpaired) electrons. The first-order valence-corrected chi connectivity index (χ1v) is 10.3. The summed E-state index contributed by atoms with van der Waals surface area (Å²) < 4.78 is 19.9. The molecule has 0 aliphatic heterocycles. The highest BCUT2D eigenvalue weighted by Gasteiger charge is 2.13. The molecule has 0 aliphatic carbocycles. The average molecular weight is 510 g/mol. The second-order valence-corrected chi connectivity index (χ2v) is 7.59. The van der Waals surface area contributed by atoms with Gasteiger partial charge in [-0.3, -0.25) is 9.59 Å². The van der Waals surface area contributed by atoms with E-state index in [1.54, 1.807) is 24.3 Å². The quantitative estimate of drug-likeness (QED) is 0.239. The van der Waals surface area contributed by atoms with Gasteiger partial charge in [-0.05, 0) is 60.7 Å². The van der Waals surface area contributed by atoms with Gasteiger partial charge in [0.1, 0.15) is 29.0 Å². The fourth-order valence-corrected chi connectivity index (χ4v) is 3.08. The third-order valence-electron chi connectivity index (χ3n) is 4.27. The van der Waals surface area contributed by atoms with Crippen LogP contribution in [0.4, 0.5) is 15.8 Å². The summed E-state index contributed by atoms with van der Waals surface area (Å²) in [5.74, 6) is -1.53. The van der Waals surface area contributed by atoms with Crippen LogP contribution in [0.3, 0.4) is 0 Å². The molecule has 2 amide bonds. The molecule has 3 rings (SSSR count). The minimum Gasteiger partial charge on any atom is -0.508 e. The van der Waals surface area contributed by atoms with Crippen molar-refractivity contribution in [3.8, 4) is 17.6 Å². The number of rotatable bonds is 7. The Hall–Kier alpha value is -4.16. The predicted octanol–water partition coefficient (Wildman–Crippen LogP) is 4.86. The first-order chi connectivity index (χ1) is 15.9. The predicted molar refractivity (Wildman–Crippen MR) is 125 cm³/mol. The van der Waals surface area contributed by atoms with Crippen LogP contribution < -0.4 is 15.4 Å². The van der Waals surface area contributed by atoms with E-state index in [1.165, 1.54) is 48.5 Å². The van der Waals surface area contributed by atoms with E-state index in [9.17, 15) is 24.3 Å². The number of aromatic hydroxyl groups is 1. The van der Waals surface area contributed by atoms with Crippen molar-refractivity contribution in [2.75, 3.05) is 17.2 Å². The lowest BCUT2D eigenvalue weighted by molar-refractivity contribution is -0.118. The molecule has 9 heteroatoms. The molecule has 166 valence electrons. The van der Waals surface area contributed by atoms with Crippen molar-refractivity contribution >= 4 is 45.2 Å². The molecule has 7 nitrogen and oxygen atoms in total. The Morgan fingerprint density at radius 3 is 2.52 bits per heavy atom. The van der Waals surface area contributed by atoms with Crippen molar-refractivity contribution in [2.45, 2.75) is 0 Å². The smallest absolute Gasteiger partial charge is 0.266 e. The van der Waals surface area contributed by atoms with E-state index in [0.29, 0.717) is 15.7 Å². The molecule has 0 aliphatic rings. The lowest BCUT2D eigenvalue weighted by Crippen LogP contribution is -2.21. The van der Waals surface area contributed by atoms with Crippen molar-refractivity contribution in [2.24, 2.45) is 0 Å². The number of carbonyl (C=O) groups is 2. The van der Waals surface area contributed by atoms with E-state index in [4.69, 9.17) is 4.74 Å². The number of hydrogen-bond donors (Lipinski definition) is 3. The summed E-state index contributed by atoms with van der Waals surface area (Å²) in [4.78, 5) is 24.7. The zero-order valence-corrected chi connectivity index (χ0v) is 18.6. The summed E-state index contributed by atoms with van der Waals surface area (Å²) in [5, 5.41) is 23.8. The maximum absolute atomic E-state index is 13.7. The van der Waals surface area contributed by atoms with Crippen molar-refractivity contribution in [3.05, 3.63) is 88.2 Å². The Bertz CT molecular complexity index is 1250. The van der Waals surface area contributed by atoms with E-state index < -0.39 is 24.2 Å². The fraction of sp³-hybridized carbons (Fsp3) is 0.0417. The highest BCUT2D eigenvalue weighted by atomic mass is 79.9. The second-order valence-electron chi connectivity index (χ2n) is 6.67. The summed E-state index contributed by atoms with van der Waals surface area (Å²) in [7, 11) is 0. The SMILES string of the molecule is N#C/C(=C\c1cc(Br)ccc1OCC(=O)Nc1ccccc1F)C(=O)Nc1ccc(O)cc1. The third-order valence-corrected chi connectivity index (χ3v) is 4.76. The number of nitrogens with zero attached hydrogens (tertiary/aromatic N) is 1. The molecule has 0 bridgehead atoms. The van der Waals surface area contributed by atoms with Crippen molar-refractivity contribution in [1.29, 1.82) is 5.26 Å². The molecule has 0 aromatic heterocycles. The molecule has 0 atom stereocenters. The second kappa shape index (κ2) is 10.9. The lowest BCUT2D eigenvalue weighted by atomic mass is 10.1. The van der Waals surface area contributed by atoms with Gasteiger partial charge in [0.25, 0.3) is 11.8 Å². The maximum Gasteiger partial charge on any atom is 0.266 e. The lowest BCUT2D eigenvalue weighted by Gasteiger charge is -2.11. The number of para-hydroxylation sites is 1. The van der Waals surface area contributed by atoms with Crippen LogP contribution in [0.2, 0.25) is 0 Å². The van der Waals surface area contributed by atoms with Gasteiger partial charge in [0.2, 0.25) is 0 Å². The number of phenolic OH excluding ortho intramolecular Hbond substituents is 1. The van der Waals surface area contributed by atoms with Gasteiger partial charge < -0.3 is 20.5 Å².